The molecule has 1 aromatic heterocycles. The third kappa shape index (κ3) is 6.08. The van der Waals surface area contributed by atoms with Crippen molar-refractivity contribution in [1.82, 2.24) is 15.6 Å². The molecule has 0 saturated carbocycles. The molecule has 1 atom stereocenters. The number of hydrogen-bond acceptors (Lipinski definition) is 4. The molecule has 1 saturated heterocycles. The van der Waals surface area contributed by atoms with Crippen LogP contribution in [0.2, 0.25) is 0 Å². The van der Waals surface area contributed by atoms with Gasteiger partial charge in [-0.3, -0.25) is 4.79 Å². The SMILES string of the molecule is Cc1nc(CCNC(=O)[C@@H]2CCCCN2)cs1.Cl.Cl. The number of nitrogens with one attached hydrogen (secondary N) is 2. The number of carbonyl (C=O) groups is 1. The Hall–Kier alpha value is -0.360. The maximum Gasteiger partial charge on any atom is 0.237 e. The summed E-state index contributed by atoms with van der Waals surface area (Å²) >= 11 is 1.66. The van der Waals surface area contributed by atoms with Crippen LogP contribution in [-0.4, -0.2) is 30.0 Å². The maximum absolute atomic E-state index is 11.8. The predicted molar refractivity (Wildman–Crippen MR) is 83.7 cm³/mol. The number of aryl methyl sites for hydroxylation is 1. The molecule has 0 spiro atoms. The second-order valence-electron chi connectivity index (χ2n) is 4.40. The molecule has 7 heteroatoms. The lowest BCUT2D eigenvalue weighted by atomic mass is 10.0. The minimum absolute atomic E-state index is 0. The molecule has 1 aliphatic rings. The second-order valence-corrected chi connectivity index (χ2v) is 5.46. The van der Waals surface area contributed by atoms with E-state index in [0.717, 1.165) is 36.5 Å². The standard InChI is InChI=1S/C12H19N3OS.2ClH/c1-9-15-10(8-17-9)5-7-14-12(16)11-4-2-3-6-13-11;;/h8,11,13H,2-7H2,1H3,(H,14,16);2*1H/t11-;;/m0../s1. The van der Waals surface area contributed by atoms with E-state index in [1.54, 1.807) is 11.3 Å². The summed E-state index contributed by atoms with van der Waals surface area (Å²) in [5, 5.41) is 9.36. The Morgan fingerprint density at radius 3 is 2.89 bits per heavy atom. The molecule has 0 aromatic carbocycles. The van der Waals surface area contributed by atoms with Crippen LogP contribution in [0, 0.1) is 6.92 Å². The quantitative estimate of drug-likeness (QED) is 0.891. The van der Waals surface area contributed by atoms with Crippen molar-refractivity contribution in [3.05, 3.63) is 16.1 Å². The first-order chi connectivity index (χ1) is 8.25. The van der Waals surface area contributed by atoms with E-state index in [0.29, 0.717) is 6.54 Å². The van der Waals surface area contributed by atoms with Gasteiger partial charge in [0.1, 0.15) is 0 Å². The van der Waals surface area contributed by atoms with Crippen molar-refractivity contribution in [3.63, 3.8) is 0 Å². The number of rotatable bonds is 4. The minimum Gasteiger partial charge on any atom is -0.354 e. The van der Waals surface area contributed by atoms with Gasteiger partial charge in [-0.05, 0) is 26.3 Å². The van der Waals surface area contributed by atoms with Crippen molar-refractivity contribution in [2.75, 3.05) is 13.1 Å². The Kier molecular flexibility index (Phi) is 9.35. The fourth-order valence-corrected chi connectivity index (χ4v) is 2.68. The lowest BCUT2D eigenvalue weighted by Crippen LogP contribution is -2.47. The van der Waals surface area contributed by atoms with E-state index in [-0.39, 0.29) is 36.8 Å². The highest BCUT2D eigenvalue weighted by Crippen LogP contribution is 2.08. The molecule has 1 aliphatic heterocycles. The topological polar surface area (TPSA) is 54.0 Å². The number of aromatic nitrogens is 1. The van der Waals surface area contributed by atoms with Gasteiger partial charge < -0.3 is 10.6 Å². The molecular weight excluding hydrogens is 305 g/mol. The van der Waals surface area contributed by atoms with E-state index in [2.05, 4.69) is 21.0 Å². The van der Waals surface area contributed by atoms with Crippen LogP contribution in [0.15, 0.2) is 5.38 Å². The number of carbonyl (C=O) groups excluding carboxylic acids is 1. The maximum atomic E-state index is 11.8. The number of halogens is 2. The zero-order chi connectivity index (χ0) is 12.1. The van der Waals surface area contributed by atoms with Crippen molar-refractivity contribution in [2.24, 2.45) is 0 Å². The molecule has 1 aromatic rings. The van der Waals surface area contributed by atoms with Crippen LogP contribution in [0.4, 0.5) is 0 Å². The van der Waals surface area contributed by atoms with Crippen LogP contribution >= 0.6 is 36.2 Å². The molecule has 0 bridgehead atoms. The molecule has 0 radical (unpaired) electrons. The van der Waals surface area contributed by atoms with Crippen LogP contribution in [0.3, 0.4) is 0 Å². The summed E-state index contributed by atoms with van der Waals surface area (Å²) in [4.78, 5) is 16.2. The Morgan fingerprint density at radius 2 is 2.32 bits per heavy atom. The zero-order valence-corrected chi connectivity index (χ0v) is 13.4. The first kappa shape index (κ1) is 18.6. The van der Waals surface area contributed by atoms with Crippen molar-refractivity contribution < 1.29 is 4.79 Å². The molecule has 2 N–H and O–H groups in total. The van der Waals surface area contributed by atoms with Crippen LogP contribution in [-0.2, 0) is 11.2 Å². The van der Waals surface area contributed by atoms with E-state index in [4.69, 9.17) is 0 Å². The Labute approximate surface area is 130 Å². The molecule has 110 valence electrons. The van der Waals surface area contributed by atoms with Crippen LogP contribution < -0.4 is 10.6 Å². The summed E-state index contributed by atoms with van der Waals surface area (Å²) in [5.74, 6) is 0.136. The van der Waals surface area contributed by atoms with Gasteiger partial charge in [-0.25, -0.2) is 4.98 Å². The predicted octanol–water partition coefficient (Wildman–Crippen LogP) is 2.10. The Morgan fingerprint density at radius 1 is 1.53 bits per heavy atom. The largest absolute Gasteiger partial charge is 0.354 e. The second kappa shape index (κ2) is 9.53. The summed E-state index contributed by atoms with van der Waals surface area (Å²) in [6.07, 6.45) is 4.11. The molecule has 2 heterocycles. The van der Waals surface area contributed by atoms with E-state index < -0.39 is 0 Å². The molecule has 2 rings (SSSR count). The monoisotopic (exact) mass is 325 g/mol. The average Bonchev–Trinajstić information content (AvgIpc) is 2.76. The third-order valence-corrected chi connectivity index (χ3v) is 3.80. The number of amides is 1. The number of piperidine rings is 1. The molecule has 0 unspecified atom stereocenters. The minimum atomic E-state index is 0. The van der Waals surface area contributed by atoms with Gasteiger partial charge in [0.15, 0.2) is 0 Å². The van der Waals surface area contributed by atoms with E-state index in [9.17, 15) is 4.79 Å². The van der Waals surface area contributed by atoms with Crippen molar-refractivity contribution in [2.45, 2.75) is 38.6 Å². The fraction of sp³-hybridized carbons (Fsp3) is 0.667. The summed E-state index contributed by atoms with van der Waals surface area (Å²) < 4.78 is 0. The zero-order valence-electron chi connectivity index (χ0n) is 11.0. The Balaban J connectivity index is 0.00000162. The summed E-state index contributed by atoms with van der Waals surface area (Å²) in [5.41, 5.74) is 1.07. The van der Waals surface area contributed by atoms with E-state index in [1.165, 1.54) is 6.42 Å². The van der Waals surface area contributed by atoms with Gasteiger partial charge in [0, 0.05) is 18.3 Å². The van der Waals surface area contributed by atoms with Gasteiger partial charge >= 0.3 is 0 Å². The molecule has 4 nitrogen and oxygen atoms in total. The molecule has 1 fully saturated rings. The molecular formula is C12H21Cl2N3OS. The van der Waals surface area contributed by atoms with Crippen molar-refractivity contribution in [3.8, 4) is 0 Å². The number of nitrogens with zero attached hydrogens (tertiary/aromatic N) is 1. The van der Waals surface area contributed by atoms with Gasteiger partial charge in [-0.15, -0.1) is 36.2 Å². The van der Waals surface area contributed by atoms with Crippen LogP contribution in [0.5, 0.6) is 0 Å². The van der Waals surface area contributed by atoms with Gasteiger partial charge in [0.2, 0.25) is 5.91 Å². The van der Waals surface area contributed by atoms with Crippen LogP contribution in [0.1, 0.15) is 30.0 Å². The van der Waals surface area contributed by atoms with E-state index >= 15 is 0 Å². The first-order valence-corrected chi connectivity index (χ1v) is 7.06. The van der Waals surface area contributed by atoms with Gasteiger partial charge in [-0.1, -0.05) is 6.42 Å². The lowest BCUT2D eigenvalue weighted by Gasteiger charge is -2.22. The van der Waals surface area contributed by atoms with Crippen LogP contribution in [0.25, 0.3) is 0 Å². The highest BCUT2D eigenvalue weighted by molar-refractivity contribution is 7.09. The molecule has 1 amide bonds. The molecule has 0 aliphatic carbocycles. The summed E-state index contributed by atoms with van der Waals surface area (Å²) in [6.45, 7) is 3.64. The molecule has 19 heavy (non-hydrogen) atoms. The highest BCUT2D eigenvalue weighted by Gasteiger charge is 2.19. The van der Waals surface area contributed by atoms with E-state index in [1.807, 2.05) is 6.92 Å². The van der Waals surface area contributed by atoms with Crippen molar-refractivity contribution >= 4 is 42.1 Å². The number of hydrogen-bond donors (Lipinski definition) is 2. The normalized spacial score (nSPS) is 18.1. The third-order valence-electron chi connectivity index (χ3n) is 2.97. The first-order valence-electron chi connectivity index (χ1n) is 6.18. The fourth-order valence-electron chi connectivity index (χ4n) is 2.04. The average molecular weight is 326 g/mol. The van der Waals surface area contributed by atoms with Gasteiger partial charge in [0.25, 0.3) is 0 Å². The van der Waals surface area contributed by atoms with Gasteiger partial charge in [0.05, 0.1) is 16.7 Å². The highest BCUT2D eigenvalue weighted by atomic mass is 35.5. The number of thiazole rings is 1. The van der Waals surface area contributed by atoms with Gasteiger partial charge in [-0.2, -0.15) is 0 Å². The summed E-state index contributed by atoms with van der Waals surface area (Å²) in [7, 11) is 0. The lowest BCUT2D eigenvalue weighted by molar-refractivity contribution is -0.123. The summed E-state index contributed by atoms with van der Waals surface area (Å²) in [6, 6.07) is 0.0147. The Bertz CT molecular complexity index is 381. The smallest absolute Gasteiger partial charge is 0.237 e. The van der Waals surface area contributed by atoms with Crippen molar-refractivity contribution in [1.29, 1.82) is 0 Å².